The van der Waals surface area contributed by atoms with Gasteiger partial charge in [-0.15, -0.1) is 0 Å². The molecule has 0 aliphatic rings. The molecule has 0 bridgehead atoms. The Morgan fingerprint density at radius 1 is 0.867 bits per heavy atom. The van der Waals surface area contributed by atoms with E-state index in [4.69, 9.17) is 0 Å². The average molecular weight is 424 g/mol. The van der Waals surface area contributed by atoms with Gasteiger partial charge < -0.3 is 10.6 Å². The Morgan fingerprint density at radius 3 is 2.13 bits per heavy atom. The van der Waals surface area contributed by atoms with Crippen LogP contribution >= 0.6 is 0 Å². The predicted molar refractivity (Wildman–Crippen MR) is 120 cm³/mol. The van der Waals surface area contributed by atoms with E-state index in [9.17, 15) is 13.2 Å². The number of hydrogen-bond donors (Lipinski definition) is 3. The minimum Gasteiger partial charge on any atom is -0.334 e. The first-order valence-corrected chi connectivity index (χ1v) is 11.5. The van der Waals surface area contributed by atoms with Gasteiger partial charge in [0, 0.05) is 6.54 Å². The molecule has 0 spiro atoms. The number of sulfonamides is 1. The molecule has 0 aliphatic heterocycles. The van der Waals surface area contributed by atoms with Crippen LogP contribution in [-0.2, 0) is 23.0 Å². The van der Waals surface area contributed by atoms with Crippen LogP contribution in [0.1, 0.15) is 22.7 Å². The van der Waals surface area contributed by atoms with Crippen molar-refractivity contribution in [2.45, 2.75) is 19.0 Å². The van der Waals surface area contributed by atoms with E-state index in [0.29, 0.717) is 17.7 Å². The van der Waals surface area contributed by atoms with E-state index in [0.717, 1.165) is 17.4 Å². The molecule has 3 aromatic carbocycles. The molecular formula is C23H25N3O3S. The summed E-state index contributed by atoms with van der Waals surface area (Å²) in [5.41, 5.74) is 3.26. The van der Waals surface area contributed by atoms with E-state index in [1.165, 1.54) is 0 Å². The van der Waals surface area contributed by atoms with Crippen LogP contribution in [0, 0.1) is 0 Å². The number of hydrogen-bond acceptors (Lipinski definition) is 3. The molecule has 0 aliphatic carbocycles. The predicted octanol–water partition coefficient (Wildman–Crippen LogP) is 3.84. The number of para-hydroxylation sites is 1. The summed E-state index contributed by atoms with van der Waals surface area (Å²) in [5.74, 6) is 0. The highest BCUT2D eigenvalue weighted by Gasteiger charge is 2.15. The molecule has 0 saturated heterocycles. The topological polar surface area (TPSA) is 87.3 Å². The molecule has 0 fully saturated rings. The molecule has 1 unspecified atom stereocenters. The van der Waals surface area contributed by atoms with Crippen LogP contribution in [0.15, 0.2) is 84.9 Å². The van der Waals surface area contributed by atoms with Gasteiger partial charge >= 0.3 is 6.03 Å². The number of carbonyl (C=O) groups excluding carboxylic acids is 1. The van der Waals surface area contributed by atoms with Gasteiger partial charge in [0.2, 0.25) is 10.0 Å². The molecule has 0 saturated carbocycles. The summed E-state index contributed by atoms with van der Waals surface area (Å²) in [6.07, 6.45) is 1.75. The van der Waals surface area contributed by atoms with Gasteiger partial charge in [-0.3, -0.25) is 4.72 Å². The Bertz CT molecular complexity index is 1070. The number of urea groups is 1. The lowest BCUT2D eigenvalue weighted by molar-refractivity contribution is 0.236. The highest BCUT2D eigenvalue weighted by atomic mass is 32.2. The Labute approximate surface area is 177 Å². The van der Waals surface area contributed by atoms with Crippen molar-refractivity contribution < 1.29 is 13.2 Å². The fourth-order valence-corrected chi connectivity index (χ4v) is 3.74. The standard InChI is InChI=1S/C23H25N3O3S/c1-30(28,29)26-21-15-9-8-14-20(21)17-24-23(27)25-22(19-12-6-3-7-13-19)16-18-10-4-2-5-11-18/h2-15,22,26H,16-17H2,1H3,(H2,24,25,27). The van der Waals surface area contributed by atoms with Gasteiger partial charge in [-0.2, -0.15) is 0 Å². The first-order chi connectivity index (χ1) is 14.4. The van der Waals surface area contributed by atoms with Crippen LogP contribution < -0.4 is 15.4 Å². The molecule has 0 aromatic heterocycles. The summed E-state index contributed by atoms with van der Waals surface area (Å²) >= 11 is 0. The average Bonchev–Trinajstić information content (AvgIpc) is 2.73. The summed E-state index contributed by atoms with van der Waals surface area (Å²) in [7, 11) is -3.41. The maximum atomic E-state index is 12.6. The Balaban J connectivity index is 1.68. The minimum atomic E-state index is -3.41. The summed E-state index contributed by atoms with van der Waals surface area (Å²) in [6, 6.07) is 26.2. The third-order valence-electron chi connectivity index (χ3n) is 4.54. The molecule has 0 heterocycles. The number of anilines is 1. The van der Waals surface area contributed by atoms with Gasteiger partial charge in [0.25, 0.3) is 0 Å². The van der Waals surface area contributed by atoms with Gasteiger partial charge in [-0.25, -0.2) is 13.2 Å². The molecule has 6 nitrogen and oxygen atoms in total. The number of carbonyl (C=O) groups is 1. The summed E-state index contributed by atoms with van der Waals surface area (Å²) in [4.78, 5) is 12.6. The van der Waals surface area contributed by atoms with Crippen molar-refractivity contribution in [1.29, 1.82) is 0 Å². The fraction of sp³-hybridized carbons (Fsp3) is 0.174. The van der Waals surface area contributed by atoms with Gasteiger partial charge in [0.1, 0.15) is 0 Å². The van der Waals surface area contributed by atoms with E-state index in [-0.39, 0.29) is 18.6 Å². The lowest BCUT2D eigenvalue weighted by atomic mass is 9.99. The van der Waals surface area contributed by atoms with Crippen LogP contribution in [0.25, 0.3) is 0 Å². The van der Waals surface area contributed by atoms with Crippen molar-refractivity contribution >= 4 is 21.7 Å². The molecule has 3 N–H and O–H groups in total. The lowest BCUT2D eigenvalue weighted by Gasteiger charge is -2.20. The SMILES string of the molecule is CS(=O)(=O)Nc1ccccc1CNC(=O)NC(Cc1ccccc1)c1ccccc1. The molecule has 156 valence electrons. The van der Waals surface area contributed by atoms with E-state index in [1.54, 1.807) is 24.3 Å². The third-order valence-corrected chi connectivity index (χ3v) is 5.13. The van der Waals surface area contributed by atoms with Gasteiger partial charge in [-0.1, -0.05) is 78.9 Å². The molecule has 7 heteroatoms. The lowest BCUT2D eigenvalue weighted by Crippen LogP contribution is -2.38. The normalized spacial score (nSPS) is 12.0. The monoisotopic (exact) mass is 423 g/mol. The number of rotatable bonds is 8. The second-order valence-electron chi connectivity index (χ2n) is 7.01. The van der Waals surface area contributed by atoms with Crippen molar-refractivity contribution in [3.8, 4) is 0 Å². The maximum Gasteiger partial charge on any atom is 0.315 e. The highest BCUT2D eigenvalue weighted by molar-refractivity contribution is 7.92. The van der Waals surface area contributed by atoms with Crippen molar-refractivity contribution in [3.05, 3.63) is 102 Å². The highest BCUT2D eigenvalue weighted by Crippen LogP contribution is 2.19. The Kier molecular flexibility index (Phi) is 7.08. The third kappa shape index (κ3) is 6.63. The molecule has 2 amide bonds. The van der Waals surface area contributed by atoms with Crippen LogP contribution in [-0.4, -0.2) is 20.7 Å². The number of nitrogens with one attached hydrogen (secondary N) is 3. The molecule has 0 radical (unpaired) electrons. The zero-order valence-corrected chi connectivity index (χ0v) is 17.5. The minimum absolute atomic E-state index is 0.192. The fourth-order valence-electron chi connectivity index (χ4n) is 3.15. The molecule has 3 rings (SSSR count). The maximum absolute atomic E-state index is 12.6. The first-order valence-electron chi connectivity index (χ1n) is 9.59. The Hall–Kier alpha value is -3.32. The number of benzene rings is 3. The number of amides is 2. The van der Waals surface area contributed by atoms with Crippen molar-refractivity contribution in [2.24, 2.45) is 0 Å². The van der Waals surface area contributed by atoms with Crippen LogP contribution in [0.2, 0.25) is 0 Å². The van der Waals surface area contributed by atoms with Crippen LogP contribution in [0.3, 0.4) is 0 Å². The summed E-state index contributed by atoms with van der Waals surface area (Å²) in [5, 5.41) is 5.86. The second-order valence-corrected chi connectivity index (χ2v) is 8.76. The van der Waals surface area contributed by atoms with Crippen molar-refractivity contribution in [2.75, 3.05) is 11.0 Å². The van der Waals surface area contributed by atoms with E-state index >= 15 is 0 Å². The quantitative estimate of drug-likeness (QED) is 0.514. The van der Waals surface area contributed by atoms with Crippen LogP contribution in [0.4, 0.5) is 10.5 Å². The van der Waals surface area contributed by atoms with Crippen LogP contribution in [0.5, 0.6) is 0 Å². The van der Waals surface area contributed by atoms with Gasteiger partial charge in [0.05, 0.1) is 18.0 Å². The smallest absolute Gasteiger partial charge is 0.315 e. The molecule has 1 atom stereocenters. The van der Waals surface area contributed by atoms with E-state index in [2.05, 4.69) is 15.4 Å². The zero-order valence-electron chi connectivity index (χ0n) is 16.7. The molecule has 3 aromatic rings. The van der Waals surface area contributed by atoms with Gasteiger partial charge in [0.15, 0.2) is 0 Å². The van der Waals surface area contributed by atoms with E-state index in [1.807, 2.05) is 60.7 Å². The van der Waals surface area contributed by atoms with E-state index < -0.39 is 10.0 Å². The molecular weight excluding hydrogens is 398 g/mol. The largest absolute Gasteiger partial charge is 0.334 e. The summed E-state index contributed by atoms with van der Waals surface area (Å²) in [6.45, 7) is 0.192. The Morgan fingerprint density at radius 2 is 1.47 bits per heavy atom. The first kappa shape index (κ1) is 21.4. The summed E-state index contributed by atoms with van der Waals surface area (Å²) < 4.78 is 25.6. The van der Waals surface area contributed by atoms with Gasteiger partial charge in [-0.05, 0) is 29.2 Å². The van der Waals surface area contributed by atoms with Crippen molar-refractivity contribution in [3.63, 3.8) is 0 Å². The zero-order chi connectivity index (χ0) is 21.4. The second kappa shape index (κ2) is 9.93. The van der Waals surface area contributed by atoms with Crippen molar-refractivity contribution in [1.82, 2.24) is 10.6 Å². The molecule has 30 heavy (non-hydrogen) atoms.